The second-order valence-corrected chi connectivity index (χ2v) is 3.86. The quantitative estimate of drug-likeness (QED) is 0.860. The Balaban J connectivity index is 2.00. The molecule has 2 aromatic heterocycles. The SMILES string of the molecule is Cc1cccc(CNc2ccc(C(=O)O)nc2)n1. The van der Waals surface area contributed by atoms with Crippen molar-refractivity contribution in [2.24, 2.45) is 0 Å². The predicted molar refractivity (Wildman–Crippen MR) is 67.5 cm³/mol. The van der Waals surface area contributed by atoms with Crippen molar-refractivity contribution in [3.05, 3.63) is 53.6 Å². The molecule has 2 rings (SSSR count). The molecule has 0 amide bonds. The summed E-state index contributed by atoms with van der Waals surface area (Å²) in [7, 11) is 0. The maximum absolute atomic E-state index is 10.6. The Bertz CT molecular complexity index is 552. The molecular formula is C13H13N3O2. The van der Waals surface area contributed by atoms with Crippen molar-refractivity contribution in [1.29, 1.82) is 0 Å². The molecule has 5 nitrogen and oxygen atoms in total. The van der Waals surface area contributed by atoms with Crippen molar-refractivity contribution >= 4 is 11.7 Å². The van der Waals surface area contributed by atoms with Gasteiger partial charge in [-0.25, -0.2) is 9.78 Å². The van der Waals surface area contributed by atoms with E-state index in [0.717, 1.165) is 17.1 Å². The molecule has 0 fully saturated rings. The molecule has 0 aliphatic rings. The van der Waals surface area contributed by atoms with Crippen LogP contribution in [0.5, 0.6) is 0 Å². The molecule has 2 aromatic rings. The van der Waals surface area contributed by atoms with Crippen molar-refractivity contribution in [3.8, 4) is 0 Å². The Morgan fingerprint density at radius 1 is 1.33 bits per heavy atom. The summed E-state index contributed by atoms with van der Waals surface area (Å²) in [5.41, 5.74) is 2.70. The van der Waals surface area contributed by atoms with Gasteiger partial charge in [0.2, 0.25) is 0 Å². The lowest BCUT2D eigenvalue weighted by atomic mass is 10.3. The van der Waals surface area contributed by atoms with Gasteiger partial charge in [-0.3, -0.25) is 4.98 Å². The van der Waals surface area contributed by atoms with Crippen LogP contribution in [0.25, 0.3) is 0 Å². The number of anilines is 1. The summed E-state index contributed by atoms with van der Waals surface area (Å²) in [5, 5.41) is 11.9. The van der Waals surface area contributed by atoms with Gasteiger partial charge in [-0.15, -0.1) is 0 Å². The van der Waals surface area contributed by atoms with E-state index in [-0.39, 0.29) is 5.69 Å². The van der Waals surface area contributed by atoms with Crippen molar-refractivity contribution in [3.63, 3.8) is 0 Å². The van der Waals surface area contributed by atoms with E-state index in [9.17, 15) is 4.79 Å². The zero-order valence-electron chi connectivity index (χ0n) is 9.92. The van der Waals surface area contributed by atoms with Crippen molar-refractivity contribution < 1.29 is 9.90 Å². The fourth-order valence-corrected chi connectivity index (χ4v) is 1.52. The highest BCUT2D eigenvalue weighted by Crippen LogP contribution is 2.08. The number of carboxylic acids is 1. The third-order valence-corrected chi connectivity index (χ3v) is 2.40. The lowest BCUT2D eigenvalue weighted by molar-refractivity contribution is 0.0690. The van der Waals surface area contributed by atoms with Crippen LogP contribution in [-0.4, -0.2) is 21.0 Å². The number of nitrogens with zero attached hydrogens (tertiary/aromatic N) is 2. The molecule has 0 radical (unpaired) electrons. The third kappa shape index (κ3) is 3.04. The van der Waals surface area contributed by atoms with Gasteiger partial charge in [-0.05, 0) is 31.2 Å². The van der Waals surface area contributed by atoms with Gasteiger partial charge >= 0.3 is 5.97 Å². The Labute approximate surface area is 105 Å². The summed E-state index contributed by atoms with van der Waals surface area (Å²) in [4.78, 5) is 18.8. The second-order valence-electron chi connectivity index (χ2n) is 3.86. The van der Waals surface area contributed by atoms with Gasteiger partial charge in [0, 0.05) is 5.69 Å². The number of pyridine rings is 2. The Morgan fingerprint density at radius 3 is 2.78 bits per heavy atom. The molecular weight excluding hydrogens is 230 g/mol. The van der Waals surface area contributed by atoms with Gasteiger partial charge in [0.05, 0.1) is 24.1 Å². The van der Waals surface area contributed by atoms with E-state index >= 15 is 0 Å². The number of hydrogen-bond acceptors (Lipinski definition) is 4. The number of nitrogens with one attached hydrogen (secondary N) is 1. The first-order valence-corrected chi connectivity index (χ1v) is 5.51. The van der Waals surface area contributed by atoms with E-state index in [1.807, 2.05) is 25.1 Å². The first-order valence-electron chi connectivity index (χ1n) is 5.51. The zero-order valence-corrected chi connectivity index (χ0v) is 9.92. The van der Waals surface area contributed by atoms with Gasteiger partial charge < -0.3 is 10.4 Å². The fraction of sp³-hybridized carbons (Fsp3) is 0.154. The molecule has 0 aliphatic heterocycles. The monoisotopic (exact) mass is 243 g/mol. The van der Waals surface area contributed by atoms with Crippen LogP contribution in [0.15, 0.2) is 36.5 Å². The highest BCUT2D eigenvalue weighted by atomic mass is 16.4. The Kier molecular flexibility index (Phi) is 3.52. The number of carboxylic acid groups (broad SMARTS) is 1. The van der Waals surface area contributed by atoms with Gasteiger partial charge in [0.1, 0.15) is 5.69 Å². The van der Waals surface area contributed by atoms with Gasteiger partial charge in [0.25, 0.3) is 0 Å². The highest BCUT2D eigenvalue weighted by molar-refractivity contribution is 5.85. The topological polar surface area (TPSA) is 75.1 Å². The molecule has 0 bridgehead atoms. The predicted octanol–water partition coefficient (Wildman–Crippen LogP) is 2.10. The number of aryl methyl sites for hydroxylation is 1. The summed E-state index contributed by atoms with van der Waals surface area (Å²) < 4.78 is 0. The average molecular weight is 243 g/mol. The van der Waals surface area contributed by atoms with Crippen LogP contribution in [0.1, 0.15) is 21.9 Å². The Hall–Kier alpha value is -2.43. The van der Waals surface area contributed by atoms with E-state index in [1.54, 1.807) is 6.07 Å². The first-order chi connectivity index (χ1) is 8.65. The largest absolute Gasteiger partial charge is 0.477 e. The molecule has 0 spiro atoms. The van der Waals surface area contributed by atoms with E-state index in [1.165, 1.54) is 12.3 Å². The smallest absolute Gasteiger partial charge is 0.354 e. The van der Waals surface area contributed by atoms with E-state index in [0.29, 0.717) is 6.54 Å². The molecule has 2 N–H and O–H groups in total. The molecule has 0 aliphatic carbocycles. The van der Waals surface area contributed by atoms with E-state index < -0.39 is 5.97 Å². The molecule has 18 heavy (non-hydrogen) atoms. The summed E-state index contributed by atoms with van der Waals surface area (Å²) in [6, 6.07) is 8.97. The van der Waals surface area contributed by atoms with Crippen molar-refractivity contribution in [2.45, 2.75) is 13.5 Å². The minimum Gasteiger partial charge on any atom is -0.477 e. The van der Waals surface area contributed by atoms with Gasteiger partial charge in [0.15, 0.2) is 0 Å². The summed E-state index contributed by atoms with van der Waals surface area (Å²) in [5.74, 6) is -1.03. The standard InChI is InChI=1S/C13H13N3O2/c1-9-3-2-4-11(16-9)8-14-10-5-6-12(13(17)18)15-7-10/h2-7,14H,8H2,1H3,(H,17,18). The molecule has 0 unspecified atom stereocenters. The number of carbonyl (C=O) groups is 1. The molecule has 0 atom stereocenters. The minimum absolute atomic E-state index is 0.0363. The first kappa shape index (κ1) is 12.0. The average Bonchev–Trinajstić information content (AvgIpc) is 2.37. The van der Waals surface area contributed by atoms with Crippen molar-refractivity contribution in [2.75, 3.05) is 5.32 Å². The van der Waals surface area contributed by atoms with Gasteiger partial charge in [-0.2, -0.15) is 0 Å². The van der Waals surface area contributed by atoms with Gasteiger partial charge in [-0.1, -0.05) is 6.07 Å². The Morgan fingerprint density at radius 2 is 2.17 bits per heavy atom. The van der Waals surface area contributed by atoms with Crippen molar-refractivity contribution in [1.82, 2.24) is 9.97 Å². The van der Waals surface area contributed by atoms with Crippen LogP contribution in [0, 0.1) is 6.92 Å². The molecule has 92 valence electrons. The molecule has 0 saturated carbocycles. The highest BCUT2D eigenvalue weighted by Gasteiger charge is 2.03. The van der Waals surface area contributed by atoms with Crippen LogP contribution in [0.3, 0.4) is 0 Å². The molecule has 2 heterocycles. The number of aromatic nitrogens is 2. The van der Waals surface area contributed by atoms with Crippen LogP contribution in [-0.2, 0) is 6.54 Å². The fourth-order valence-electron chi connectivity index (χ4n) is 1.52. The summed E-state index contributed by atoms with van der Waals surface area (Å²) >= 11 is 0. The number of rotatable bonds is 4. The molecule has 0 saturated heterocycles. The summed E-state index contributed by atoms with van der Waals surface area (Å²) in [6.45, 7) is 2.52. The third-order valence-electron chi connectivity index (χ3n) is 2.40. The lowest BCUT2D eigenvalue weighted by Crippen LogP contribution is -2.04. The van der Waals surface area contributed by atoms with Crippen LogP contribution < -0.4 is 5.32 Å². The molecule has 0 aromatic carbocycles. The maximum Gasteiger partial charge on any atom is 0.354 e. The van der Waals surface area contributed by atoms with Crippen LogP contribution in [0.4, 0.5) is 5.69 Å². The number of hydrogen-bond donors (Lipinski definition) is 2. The van der Waals surface area contributed by atoms with Crippen LogP contribution >= 0.6 is 0 Å². The van der Waals surface area contributed by atoms with Crippen LogP contribution in [0.2, 0.25) is 0 Å². The maximum atomic E-state index is 10.6. The number of aromatic carboxylic acids is 1. The second kappa shape index (κ2) is 5.27. The minimum atomic E-state index is -1.03. The van der Waals surface area contributed by atoms with E-state index in [4.69, 9.17) is 5.11 Å². The zero-order chi connectivity index (χ0) is 13.0. The van der Waals surface area contributed by atoms with E-state index in [2.05, 4.69) is 15.3 Å². The normalized spacial score (nSPS) is 10.1. The summed E-state index contributed by atoms with van der Waals surface area (Å²) in [6.07, 6.45) is 1.50. The lowest BCUT2D eigenvalue weighted by Gasteiger charge is -2.06. The molecule has 5 heteroatoms.